The highest BCUT2D eigenvalue weighted by atomic mass is 32.2. The van der Waals surface area contributed by atoms with Crippen LogP contribution in [-0.4, -0.2) is 57.8 Å². The molecule has 0 saturated carbocycles. The van der Waals surface area contributed by atoms with Gasteiger partial charge in [-0.25, -0.2) is 4.39 Å². The first-order chi connectivity index (χ1) is 13.8. The number of hydrogen-bond acceptors (Lipinski definition) is 4. The van der Waals surface area contributed by atoms with E-state index in [0.717, 1.165) is 82.6 Å². The van der Waals surface area contributed by atoms with Crippen LogP contribution in [0.25, 0.3) is 0 Å². The van der Waals surface area contributed by atoms with Gasteiger partial charge in [0, 0.05) is 57.6 Å². The molecule has 0 amide bonds. The molecule has 2 N–H and O–H groups in total. The van der Waals surface area contributed by atoms with Gasteiger partial charge in [0.05, 0.1) is 0 Å². The molecule has 1 aromatic rings. The number of rotatable bonds is 12. The highest BCUT2D eigenvalue weighted by Gasteiger charge is 2.13. The third-order valence-corrected chi connectivity index (χ3v) is 5.52. The fraction of sp³-hybridized carbons (Fsp3) is 0.667. The summed E-state index contributed by atoms with van der Waals surface area (Å²) in [5, 5.41) is 6.59. The van der Waals surface area contributed by atoms with Gasteiger partial charge in [0.15, 0.2) is 5.96 Å². The highest BCUT2D eigenvalue weighted by Crippen LogP contribution is 2.15. The molecule has 1 aromatic carbocycles. The van der Waals surface area contributed by atoms with Crippen LogP contribution >= 0.6 is 11.8 Å². The van der Waals surface area contributed by atoms with Crippen molar-refractivity contribution in [2.45, 2.75) is 31.9 Å². The second-order valence-electron chi connectivity index (χ2n) is 6.82. The first-order valence-electron chi connectivity index (χ1n) is 10.3. The minimum Gasteiger partial charge on any atom is -0.381 e. The topological polar surface area (TPSA) is 54.9 Å². The molecule has 28 heavy (non-hydrogen) atoms. The summed E-state index contributed by atoms with van der Waals surface area (Å²) in [5.74, 6) is 2.94. The van der Waals surface area contributed by atoms with Gasteiger partial charge in [0.1, 0.15) is 5.82 Å². The molecule has 0 spiro atoms. The molecule has 0 atom stereocenters. The van der Waals surface area contributed by atoms with E-state index >= 15 is 0 Å². The van der Waals surface area contributed by atoms with E-state index in [0.29, 0.717) is 11.7 Å². The van der Waals surface area contributed by atoms with Gasteiger partial charge in [-0.05, 0) is 43.7 Å². The molecule has 1 heterocycles. The van der Waals surface area contributed by atoms with Gasteiger partial charge in [0.2, 0.25) is 0 Å². The van der Waals surface area contributed by atoms with Crippen LogP contribution in [0.5, 0.6) is 0 Å². The smallest absolute Gasteiger partial charge is 0.191 e. The van der Waals surface area contributed by atoms with Crippen molar-refractivity contribution in [1.82, 2.24) is 10.6 Å². The number of thioether (sulfide) groups is 1. The van der Waals surface area contributed by atoms with Gasteiger partial charge in [-0.2, -0.15) is 11.8 Å². The summed E-state index contributed by atoms with van der Waals surface area (Å²) in [6.45, 7) is 7.75. The Morgan fingerprint density at radius 2 is 2.11 bits per heavy atom. The van der Waals surface area contributed by atoms with E-state index < -0.39 is 0 Å². The minimum absolute atomic E-state index is 0.128. The fourth-order valence-electron chi connectivity index (χ4n) is 2.90. The Hall–Kier alpha value is -1.31. The van der Waals surface area contributed by atoms with Gasteiger partial charge in [0.25, 0.3) is 0 Å². The molecule has 0 bridgehead atoms. The fourth-order valence-corrected chi connectivity index (χ4v) is 3.75. The highest BCUT2D eigenvalue weighted by molar-refractivity contribution is 7.98. The molecular weight excluding hydrogens is 377 g/mol. The molecule has 1 fully saturated rings. The number of benzene rings is 1. The summed E-state index contributed by atoms with van der Waals surface area (Å²) in [5.41, 5.74) is 0.758. The Morgan fingerprint density at radius 3 is 2.89 bits per heavy atom. The number of halogens is 1. The van der Waals surface area contributed by atoms with E-state index in [-0.39, 0.29) is 5.82 Å². The Morgan fingerprint density at radius 1 is 1.29 bits per heavy atom. The van der Waals surface area contributed by atoms with Crippen molar-refractivity contribution in [1.29, 1.82) is 0 Å². The lowest BCUT2D eigenvalue weighted by atomic mass is 10.0. The van der Waals surface area contributed by atoms with Gasteiger partial charge >= 0.3 is 0 Å². The lowest BCUT2D eigenvalue weighted by Gasteiger charge is -2.21. The standard InChI is InChI=1S/C21H34FN3O2S/c1-2-23-21(24-10-5-12-27-16-18-8-13-26-14-9-18)25-11-15-28-17-19-6-3-4-7-20(19)22/h3-4,6-7,18H,2,5,8-17H2,1H3,(H2,23,24,25). The lowest BCUT2D eigenvalue weighted by molar-refractivity contribution is 0.0205. The lowest BCUT2D eigenvalue weighted by Crippen LogP contribution is -2.38. The number of ether oxygens (including phenoxy) is 2. The summed E-state index contributed by atoms with van der Waals surface area (Å²) in [7, 11) is 0. The summed E-state index contributed by atoms with van der Waals surface area (Å²) in [6.07, 6.45) is 3.14. The SMILES string of the molecule is CCNC(=NCCCOCC1CCOCC1)NCCSCc1ccccc1F. The van der Waals surface area contributed by atoms with E-state index in [9.17, 15) is 4.39 Å². The zero-order valence-electron chi connectivity index (χ0n) is 16.9. The molecule has 2 rings (SSSR count). The van der Waals surface area contributed by atoms with Gasteiger partial charge in [-0.1, -0.05) is 18.2 Å². The van der Waals surface area contributed by atoms with Crippen LogP contribution < -0.4 is 10.6 Å². The van der Waals surface area contributed by atoms with E-state index in [1.54, 1.807) is 17.8 Å². The molecule has 0 radical (unpaired) electrons. The molecule has 1 aliphatic heterocycles. The molecule has 158 valence electrons. The number of nitrogens with zero attached hydrogens (tertiary/aromatic N) is 1. The second kappa shape index (κ2) is 14.7. The molecule has 1 aliphatic rings. The summed E-state index contributed by atoms with van der Waals surface area (Å²) >= 11 is 1.71. The van der Waals surface area contributed by atoms with Crippen molar-refractivity contribution in [3.05, 3.63) is 35.6 Å². The Kier molecular flexibility index (Phi) is 12.0. The second-order valence-corrected chi connectivity index (χ2v) is 7.92. The van der Waals surface area contributed by atoms with Crippen molar-refractivity contribution >= 4 is 17.7 Å². The molecule has 5 nitrogen and oxygen atoms in total. The van der Waals surface area contributed by atoms with Gasteiger partial charge in [-0.3, -0.25) is 4.99 Å². The molecule has 7 heteroatoms. The summed E-state index contributed by atoms with van der Waals surface area (Å²) < 4.78 is 24.7. The van der Waals surface area contributed by atoms with Crippen molar-refractivity contribution in [3.63, 3.8) is 0 Å². The predicted octanol–water partition coefficient (Wildman–Crippen LogP) is 3.45. The van der Waals surface area contributed by atoms with Crippen LogP contribution in [0, 0.1) is 11.7 Å². The third-order valence-electron chi connectivity index (χ3n) is 4.51. The zero-order chi connectivity index (χ0) is 19.9. The number of guanidine groups is 1. The van der Waals surface area contributed by atoms with Crippen LogP contribution in [-0.2, 0) is 15.2 Å². The van der Waals surface area contributed by atoms with Crippen molar-refractivity contribution in [3.8, 4) is 0 Å². The Balaban J connectivity index is 1.53. The van der Waals surface area contributed by atoms with E-state index in [1.165, 1.54) is 6.07 Å². The normalized spacial score (nSPS) is 15.6. The number of nitrogens with one attached hydrogen (secondary N) is 2. The monoisotopic (exact) mass is 411 g/mol. The first-order valence-corrected chi connectivity index (χ1v) is 11.4. The van der Waals surface area contributed by atoms with Crippen LogP contribution in [0.15, 0.2) is 29.3 Å². The maximum atomic E-state index is 13.6. The van der Waals surface area contributed by atoms with Crippen molar-refractivity contribution in [2.75, 3.05) is 51.8 Å². The Labute approximate surface area is 172 Å². The van der Waals surface area contributed by atoms with Crippen LogP contribution in [0.2, 0.25) is 0 Å². The van der Waals surface area contributed by atoms with Gasteiger partial charge < -0.3 is 20.1 Å². The van der Waals surface area contributed by atoms with Crippen LogP contribution in [0.4, 0.5) is 4.39 Å². The molecule has 1 saturated heterocycles. The first kappa shape index (κ1) is 23.0. The average molecular weight is 412 g/mol. The largest absolute Gasteiger partial charge is 0.381 e. The van der Waals surface area contributed by atoms with E-state index in [2.05, 4.69) is 22.5 Å². The number of hydrogen-bond donors (Lipinski definition) is 2. The summed E-state index contributed by atoms with van der Waals surface area (Å²) in [6, 6.07) is 6.95. The quantitative estimate of drug-likeness (QED) is 0.313. The Bertz CT molecular complexity index is 568. The number of aliphatic imine (C=N–C) groups is 1. The van der Waals surface area contributed by atoms with Crippen LogP contribution in [0.3, 0.4) is 0 Å². The maximum absolute atomic E-state index is 13.6. The predicted molar refractivity (Wildman–Crippen MR) is 116 cm³/mol. The molecule has 0 unspecified atom stereocenters. The van der Waals surface area contributed by atoms with E-state index in [4.69, 9.17) is 9.47 Å². The minimum atomic E-state index is -0.128. The molecule has 0 aromatic heterocycles. The summed E-state index contributed by atoms with van der Waals surface area (Å²) in [4.78, 5) is 4.59. The third kappa shape index (κ3) is 9.75. The van der Waals surface area contributed by atoms with Crippen molar-refractivity contribution < 1.29 is 13.9 Å². The van der Waals surface area contributed by atoms with E-state index in [1.807, 2.05) is 12.1 Å². The zero-order valence-corrected chi connectivity index (χ0v) is 17.7. The molecular formula is C21H34FN3O2S. The average Bonchev–Trinajstić information content (AvgIpc) is 2.72. The van der Waals surface area contributed by atoms with Crippen molar-refractivity contribution in [2.24, 2.45) is 10.9 Å². The van der Waals surface area contributed by atoms with Crippen LogP contribution in [0.1, 0.15) is 31.7 Å². The molecule has 0 aliphatic carbocycles. The van der Waals surface area contributed by atoms with Gasteiger partial charge in [-0.15, -0.1) is 0 Å². The maximum Gasteiger partial charge on any atom is 0.191 e.